The first-order chi connectivity index (χ1) is 3.34. The van der Waals surface area contributed by atoms with Gasteiger partial charge in [0.25, 0.3) is 0 Å². The molecule has 2 nitrogen and oxygen atoms in total. The van der Waals surface area contributed by atoms with Crippen LogP contribution in [0.1, 0.15) is 6.92 Å². The molecule has 0 radical (unpaired) electrons. The summed E-state index contributed by atoms with van der Waals surface area (Å²) in [7, 11) is 0. The SMILES string of the molecule is C/C=C/C1OC1N. The second-order valence-electron chi connectivity index (χ2n) is 1.59. The second-order valence-corrected chi connectivity index (χ2v) is 1.59. The molecule has 1 saturated heterocycles. The van der Waals surface area contributed by atoms with Crippen molar-refractivity contribution in [2.24, 2.45) is 5.73 Å². The maximum Gasteiger partial charge on any atom is 0.136 e. The summed E-state index contributed by atoms with van der Waals surface area (Å²) in [5.41, 5.74) is 5.28. The Balaban J connectivity index is 2.21. The minimum absolute atomic E-state index is 0.0174. The van der Waals surface area contributed by atoms with Gasteiger partial charge in [-0.25, -0.2) is 0 Å². The lowest BCUT2D eigenvalue weighted by atomic mass is 10.4. The van der Waals surface area contributed by atoms with Crippen LogP contribution in [0, 0.1) is 0 Å². The molecule has 1 heterocycles. The average molecular weight is 99.1 g/mol. The minimum Gasteiger partial charge on any atom is -0.349 e. The van der Waals surface area contributed by atoms with Crippen molar-refractivity contribution in [3.05, 3.63) is 12.2 Å². The smallest absolute Gasteiger partial charge is 0.136 e. The average Bonchev–Trinajstić information content (AvgIpc) is 2.22. The van der Waals surface area contributed by atoms with Gasteiger partial charge in [-0.2, -0.15) is 0 Å². The maximum atomic E-state index is 5.28. The quantitative estimate of drug-likeness (QED) is 0.378. The zero-order valence-corrected chi connectivity index (χ0v) is 4.29. The molecule has 0 aliphatic carbocycles. The molecular formula is C5H9NO. The zero-order valence-electron chi connectivity index (χ0n) is 4.29. The summed E-state index contributed by atoms with van der Waals surface area (Å²) in [6.07, 6.45) is 4.09. The first-order valence-corrected chi connectivity index (χ1v) is 2.38. The Bertz CT molecular complexity index is 90.1. The lowest BCUT2D eigenvalue weighted by Gasteiger charge is -1.69. The highest BCUT2D eigenvalue weighted by Gasteiger charge is 2.31. The number of nitrogens with two attached hydrogens (primary N) is 1. The van der Waals surface area contributed by atoms with E-state index >= 15 is 0 Å². The van der Waals surface area contributed by atoms with Gasteiger partial charge in [0, 0.05) is 0 Å². The number of epoxide rings is 1. The number of allylic oxidation sites excluding steroid dienone is 1. The first kappa shape index (κ1) is 4.81. The van der Waals surface area contributed by atoms with Gasteiger partial charge in [0.2, 0.25) is 0 Å². The lowest BCUT2D eigenvalue weighted by molar-refractivity contribution is 0.393. The van der Waals surface area contributed by atoms with Crippen molar-refractivity contribution in [2.75, 3.05) is 0 Å². The maximum absolute atomic E-state index is 5.28. The Hall–Kier alpha value is -0.340. The van der Waals surface area contributed by atoms with Crippen molar-refractivity contribution in [1.82, 2.24) is 0 Å². The highest BCUT2D eigenvalue weighted by Crippen LogP contribution is 2.16. The van der Waals surface area contributed by atoms with Crippen LogP contribution in [0.3, 0.4) is 0 Å². The van der Waals surface area contributed by atoms with Crippen molar-refractivity contribution in [3.63, 3.8) is 0 Å². The molecule has 7 heavy (non-hydrogen) atoms. The molecule has 2 N–H and O–H groups in total. The van der Waals surface area contributed by atoms with Crippen LogP contribution >= 0.6 is 0 Å². The van der Waals surface area contributed by atoms with Gasteiger partial charge in [-0.1, -0.05) is 12.2 Å². The number of rotatable bonds is 1. The molecule has 0 aromatic rings. The first-order valence-electron chi connectivity index (χ1n) is 2.38. The van der Waals surface area contributed by atoms with Crippen LogP contribution in [0.25, 0.3) is 0 Å². The van der Waals surface area contributed by atoms with Crippen molar-refractivity contribution >= 4 is 0 Å². The van der Waals surface area contributed by atoms with Crippen molar-refractivity contribution in [2.45, 2.75) is 19.3 Å². The molecule has 1 rings (SSSR count). The van der Waals surface area contributed by atoms with E-state index in [0.29, 0.717) is 0 Å². The van der Waals surface area contributed by atoms with E-state index in [-0.39, 0.29) is 12.3 Å². The Labute approximate surface area is 43.0 Å². The van der Waals surface area contributed by atoms with Crippen LogP contribution in [0.15, 0.2) is 12.2 Å². The lowest BCUT2D eigenvalue weighted by Crippen LogP contribution is -2.02. The van der Waals surface area contributed by atoms with Gasteiger partial charge in [0.1, 0.15) is 12.3 Å². The molecule has 2 atom stereocenters. The highest BCUT2D eigenvalue weighted by molar-refractivity contribution is 4.98. The Kier molecular flexibility index (Phi) is 1.13. The topological polar surface area (TPSA) is 38.5 Å². The Morgan fingerprint density at radius 1 is 1.71 bits per heavy atom. The molecular weight excluding hydrogens is 90.1 g/mol. The number of hydrogen-bond acceptors (Lipinski definition) is 2. The van der Waals surface area contributed by atoms with Crippen molar-refractivity contribution in [3.8, 4) is 0 Å². The van der Waals surface area contributed by atoms with Gasteiger partial charge in [0.05, 0.1) is 0 Å². The summed E-state index contributed by atoms with van der Waals surface area (Å²) >= 11 is 0. The number of ether oxygens (including phenoxy) is 1. The molecule has 0 amide bonds. The van der Waals surface area contributed by atoms with E-state index in [4.69, 9.17) is 10.5 Å². The van der Waals surface area contributed by atoms with Gasteiger partial charge in [-0.05, 0) is 6.92 Å². The normalized spacial score (nSPS) is 39.7. The fraction of sp³-hybridized carbons (Fsp3) is 0.600. The summed E-state index contributed by atoms with van der Waals surface area (Å²) in [5, 5.41) is 0. The van der Waals surface area contributed by atoms with Crippen molar-refractivity contribution in [1.29, 1.82) is 0 Å². The van der Waals surface area contributed by atoms with Crippen LogP contribution in [-0.4, -0.2) is 12.3 Å². The molecule has 0 saturated carbocycles. The third kappa shape index (κ3) is 1.01. The van der Waals surface area contributed by atoms with Crippen LogP contribution in [-0.2, 0) is 4.74 Å². The van der Waals surface area contributed by atoms with Crippen LogP contribution < -0.4 is 5.73 Å². The van der Waals surface area contributed by atoms with E-state index in [1.165, 1.54) is 0 Å². The zero-order chi connectivity index (χ0) is 5.28. The van der Waals surface area contributed by atoms with Crippen LogP contribution in [0.4, 0.5) is 0 Å². The third-order valence-electron chi connectivity index (χ3n) is 0.944. The summed E-state index contributed by atoms with van der Waals surface area (Å²) < 4.78 is 4.85. The predicted molar refractivity (Wildman–Crippen MR) is 27.7 cm³/mol. The molecule has 1 aliphatic heterocycles. The molecule has 0 aromatic carbocycles. The molecule has 2 unspecified atom stereocenters. The highest BCUT2D eigenvalue weighted by atomic mass is 16.6. The molecule has 0 spiro atoms. The van der Waals surface area contributed by atoms with E-state index in [1.54, 1.807) is 0 Å². The third-order valence-corrected chi connectivity index (χ3v) is 0.944. The Morgan fingerprint density at radius 3 is 2.43 bits per heavy atom. The van der Waals surface area contributed by atoms with Gasteiger partial charge in [-0.15, -0.1) is 0 Å². The molecule has 1 fully saturated rings. The van der Waals surface area contributed by atoms with Crippen molar-refractivity contribution < 1.29 is 4.74 Å². The largest absolute Gasteiger partial charge is 0.349 e. The van der Waals surface area contributed by atoms with E-state index < -0.39 is 0 Å². The number of hydrogen-bond donors (Lipinski definition) is 1. The fourth-order valence-corrected chi connectivity index (χ4v) is 0.481. The summed E-state index contributed by atoms with van der Waals surface area (Å²) in [4.78, 5) is 0. The summed E-state index contributed by atoms with van der Waals surface area (Å²) in [5.74, 6) is 0. The summed E-state index contributed by atoms with van der Waals surface area (Å²) in [6.45, 7) is 1.95. The van der Waals surface area contributed by atoms with E-state index in [2.05, 4.69) is 0 Å². The fourth-order valence-electron chi connectivity index (χ4n) is 0.481. The molecule has 40 valence electrons. The Morgan fingerprint density at radius 2 is 2.29 bits per heavy atom. The van der Waals surface area contributed by atoms with Gasteiger partial charge in [0.15, 0.2) is 0 Å². The predicted octanol–water partition coefficient (Wildman–Crippen LogP) is 0.246. The summed E-state index contributed by atoms with van der Waals surface area (Å²) in [6, 6.07) is 0. The van der Waals surface area contributed by atoms with E-state index in [9.17, 15) is 0 Å². The van der Waals surface area contributed by atoms with Gasteiger partial charge >= 0.3 is 0 Å². The van der Waals surface area contributed by atoms with Crippen LogP contribution in [0.5, 0.6) is 0 Å². The van der Waals surface area contributed by atoms with E-state index in [1.807, 2.05) is 19.1 Å². The van der Waals surface area contributed by atoms with Crippen LogP contribution in [0.2, 0.25) is 0 Å². The molecule has 0 aromatic heterocycles. The van der Waals surface area contributed by atoms with Gasteiger partial charge in [-0.3, -0.25) is 0 Å². The van der Waals surface area contributed by atoms with Gasteiger partial charge < -0.3 is 10.5 Å². The molecule has 0 bridgehead atoms. The monoisotopic (exact) mass is 99.1 g/mol. The standard InChI is InChI=1S/C5H9NO/c1-2-3-4-5(6)7-4/h2-5H,6H2,1H3/b3-2+. The second kappa shape index (κ2) is 1.64. The molecule has 2 heteroatoms. The minimum atomic E-state index is -0.0174. The van der Waals surface area contributed by atoms with E-state index in [0.717, 1.165) is 0 Å². The molecule has 1 aliphatic rings.